The Morgan fingerprint density at radius 1 is 1.32 bits per heavy atom. The van der Waals surface area contributed by atoms with Crippen molar-refractivity contribution in [1.82, 2.24) is 4.31 Å². The van der Waals surface area contributed by atoms with Crippen molar-refractivity contribution in [2.75, 3.05) is 30.8 Å². The zero-order valence-corrected chi connectivity index (χ0v) is 15.3. The molecule has 0 aromatic heterocycles. The molecule has 1 fully saturated rings. The van der Waals surface area contributed by atoms with Crippen LogP contribution in [0.25, 0.3) is 0 Å². The molecule has 1 aromatic carbocycles. The highest BCUT2D eigenvalue weighted by Crippen LogP contribution is 2.21. The molecule has 1 aromatic rings. The molecule has 0 radical (unpaired) electrons. The van der Waals surface area contributed by atoms with Crippen molar-refractivity contribution < 1.29 is 22.7 Å². The number of carbonyl (C=O) groups excluding carboxylic acids is 2. The lowest BCUT2D eigenvalue weighted by Gasteiger charge is -2.30. The van der Waals surface area contributed by atoms with Gasteiger partial charge in [-0.25, -0.2) is 17.5 Å². The summed E-state index contributed by atoms with van der Waals surface area (Å²) in [7, 11) is -3.29. The van der Waals surface area contributed by atoms with Gasteiger partial charge in [0.05, 0.1) is 23.8 Å². The van der Waals surface area contributed by atoms with Crippen LogP contribution in [0.4, 0.5) is 5.69 Å². The maximum absolute atomic E-state index is 12.5. The molecule has 0 spiro atoms. The van der Waals surface area contributed by atoms with Gasteiger partial charge in [0, 0.05) is 18.8 Å². The van der Waals surface area contributed by atoms with E-state index in [2.05, 4.69) is 5.32 Å². The maximum Gasteiger partial charge on any atom is 0.338 e. The van der Waals surface area contributed by atoms with E-state index in [0.717, 1.165) is 0 Å². The molecular weight excluding hydrogens is 344 g/mol. The Hall–Kier alpha value is -1.93. The fraction of sp³-hybridized carbons (Fsp3) is 0.529. The van der Waals surface area contributed by atoms with Gasteiger partial charge in [-0.1, -0.05) is 6.07 Å². The van der Waals surface area contributed by atoms with Gasteiger partial charge in [0.25, 0.3) is 0 Å². The molecule has 8 heteroatoms. The quantitative estimate of drug-likeness (QED) is 0.774. The number of amides is 1. The zero-order chi connectivity index (χ0) is 18.4. The molecule has 1 heterocycles. The van der Waals surface area contributed by atoms with Crippen molar-refractivity contribution in [1.29, 1.82) is 0 Å². The van der Waals surface area contributed by atoms with Crippen LogP contribution in [0.5, 0.6) is 0 Å². The molecule has 138 valence electrons. The molecule has 0 aliphatic carbocycles. The van der Waals surface area contributed by atoms with Crippen LogP contribution in [0, 0.1) is 5.92 Å². The largest absolute Gasteiger partial charge is 0.462 e. The number of ether oxygens (including phenoxy) is 1. The van der Waals surface area contributed by atoms with Gasteiger partial charge in [0.2, 0.25) is 15.9 Å². The third-order valence-corrected chi connectivity index (χ3v) is 6.00. The van der Waals surface area contributed by atoms with Gasteiger partial charge < -0.3 is 10.1 Å². The summed E-state index contributed by atoms with van der Waals surface area (Å²) in [5, 5.41) is 2.77. The average molecular weight is 368 g/mol. The van der Waals surface area contributed by atoms with Crippen LogP contribution >= 0.6 is 0 Å². The van der Waals surface area contributed by atoms with Crippen LogP contribution < -0.4 is 5.32 Å². The first-order valence-electron chi connectivity index (χ1n) is 8.43. The number of esters is 1. The summed E-state index contributed by atoms with van der Waals surface area (Å²) in [4.78, 5) is 24.2. The smallest absolute Gasteiger partial charge is 0.338 e. The summed E-state index contributed by atoms with van der Waals surface area (Å²) in [5.74, 6) is -1.06. The Morgan fingerprint density at radius 2 is 2.08 bits per heavy atom. The lowest BCUT2D eigenvalue weighted by molar-refractivity contribution is -0.120. The molecule has 2 rings (SSSR count). The molecule has 1 atom stereocenters. The second-order valence-corrected chi connectivity index (χ2v) is 8.15. The summed E-state index contributed by atoms with van der Waals surface area (Å²) < 4.78 is 30.3. The molecule has 1 saturated heterocycles. The maximum atomic E-state index is 12.5. The first-order chi connectivity index (χ1) is 11.9. The summed E-state index contributed by atoms with van der Waals surface area (Å²) in [5.41, 5.74) is 0.851. The van der Waals surface area contributed by atoms with Crippen molar-refractivity contribution in [3.8, 4) is 0 Å². The third kappa shape index (κ3) is 5.02. The fourth-order valence-corrected chi connectivity index (χ4v) is 3.95. The van der Waals surface area contributed by atoms with Crippen LogP contribution in [-0.4, -0.2) is 50.0 Å². The van der Waals surface area contributed by atoms with E-state index >= 15 is 0 Å². The molecule has 0 saturated carbocycles. The Morgan fingerprint density at radius 3 is 2.76 bits per heavy atom. The zero-order valence-electron chi connectivity index (χ0n) is 14.5. The second kappa shape index (κ2) is 8.44. The number of sulfonamides is 1. The standard InChI is InChI=1S/C17H24N2O5S/c1-3-24-17(21)13-7-5-9-15(11-13)18-16(20)14-8-6-10-19(12-14)25(22,23)4-2/h5,7,9,11,14H,3-4,6,8,10,12H2,1-2H3,(H,18,20)/t14-/m0/s1. The van der Waals surface area contributed by atoms with Crippen molar-refractivity contribution >= 4 is 27.6 Å². The number of hydrogen-bond donors (Lipinski definition) is 1. The Bertz CT molecular complexity index is 732. The Labute approximate surface area is 148 Å². The molecule has 1 aliphatic rings. The number of nitrogens with one attached hydrogen (secondary N) is 1. The van der Waals surface area contributed by atoms with E-state index in [1.165, 1.54) is 4.31 Å². The number of benzene rings is 1. The van der Waals surface area contributed by atoms with E-state index < -0.39 is 21.9 Å². The summed E-state index contributed by atoms with van der Waals surface area (Å²) in [6, 6.07) is 6.52. The number of hydrogen-bond acceptors (Lipinski definition) is 5. The topological polar surface area (TPSA) is 92.8 Å². The van der Waals surface area contributed by atoms with Crippen LogP contribution in [0.3, 0.4) is 0 Å². The van der Waals surface area contributed by atoms with Crippen LogP contribution in [0.2, 0.25) is 0 Å². The van der Waals surface area contributed by atoms with Gasteiger partial charge in [-0.2, -0.15) is 0 Å². The second-order valence-electron chi connectivity index (χ2n) is 5.89. The number of nitrogens with zero attached hydrogens (tertiary/aromatic N) is 1. The van der Waals surface area contributed by atoms with E-state index in [1.807, 2.05) is 0 Å². The minimum Gasteiger partial charge on any atom is -0.462 e. The molecule has 0 bridgehead atoms. The summed E-state index contributed by atoms with van der Waals surface area (Å²) >= 11 is 0. The average Bonchev–Trinajstić information content (AvgIpc) is 2.62. The van der Waals surface area contributed by atoms with Gasteiger partial charge >= 0.3 is 5.97 Å². The van der Waals surface area contributed by atoms with Crippen LogP contribution in [0.1, 0.15) is 37.0 Å². The van der Waals surface area contributed by atoms with E-state index in [1.54, 1.807) is 38.1 Å². The van der Waals surface area contributed by atoms with Crippen molar-refractivity contribution in [2.45, 2.75) is 26.7 Å². The van der Waals surface area contributed by atoms with E-state index in [9.17, 15) is 18.0 Å². The highest BCUT2D eigenvalue weighted by molar-refractivity contribution is 7.89. The molecule has 0 unspecified atom stereocenters. The van der Waals surface area contributed by atoms with E-state index in [4.69, 9.17) is 4.74 Å². The fourth-order valence-electron chi connectivity index (χ4n) is 2.77. The number of anilines is 1. The lowest BCUT2D eigenvalue weighted by Crippen LogP contribution is -2.44. The van der Waals surface area contributed by atoms with Crippen molar-refractivity contribution in [3.05, 3.63) is 29.8 Å². The molecule has 1 N–H and O–H groups in total. The van der Waals surface area contributed by atoms with Crippen LogP contribution in [0.15, 0.2) is 24.3 Å². The van der Waals surface area contributed by atoms with E-state index in [0.29, 0.717) is 30.6 Å². The molecule has 25 heavy (non-hydrogen) atoms. The van der Waals surface area contributed by atoms with Gasteiger partial charge in [0.1, 0.15) is 0 Å². The lowest BCUT2D eigenvalue weighted by atomic mass is 9.98. The van der Waals surface area contributed by atoms with Gasteiger partial charge in [-0.15, -0.1) is 0 Å². The highest BCUT2D eigenvalue weighted by Gasteiger charge is 2.31. The SMILES string of the molecule is CCOC(=O)c1cccc(NC(=O)[C@H]2CCCN(S(=O)(=O)CC)C2)c1. The minimum absolute atomic E-state index is 0.0307. The van der Waals surface area contributed by atoms with Gasteiger partial charge in [-0.05, 0) is 44.9 Å². The first kappa shape index (κ1) is 19.4. The minimum atomic E-state index is -3.29. The monoisotopic (exact) mass is 368 g/mol. The Kier molecular flexibility index (Phi) is 6.55. The summed E-state index contributed by atoms with van der Waals surface area (Å²) in [6.45, 7) is 4.25. The number of rotatable bonds is 6. The van der Waals surface area contributed by atoms with Gasteiger partial charge in [0.15, 0.2) is 0 Å². The number of piperidine rings is 1. The molecular formula is C17H24N2O5S. The highest BCUT2D eigenvalue weighted by atomic mass is 32.2. The molecule has 1 aliphatic heterocycles. The predicted molar refractivity (Wildman–Crippen MR) is 94.8 cm³/mol. The van der Waals surface area contributed by atoms with Crippen molar-refractivity contribution in [2.24, 2.45) is 5.92 Å². The normalized spacial score (nSPS) is 18.6. The van der Waals surface area contributed by atoms with Crippen molar-refractivity contribution in [3.63, 3.8) is 0 Å². The first-order valence-corrected chi connectivity index (χ1v) is 10.0. The Balaban J connectivity index is 2.04. The van der Waals surface area contributed by atoms with Crippen LogP contribution in [-0.2, 0) is 19.6 Å². The van der Waals surface area contributed by atoms with E-state index in [-0.39, 0.29) is 24.8 Å². The summed E-state index contributed by atoms with van der Waals surface area (Å²) in [6.07, 6.45) is 1.29. The third-order valence-electron chi connectivity index (χ3n) is 4.15. The van der Waals surface area contributed by atoms with Gasteiger partial charge in [-0.3, -0.25) is 4.79 Å². The number of carbonyl (C=O) groups is 2. The predicted octanol–water partition coefficient (Wildman–Crippen LogP) is 1.86. The molecule has 1 amide bonds. The molecule has 7 nitrogen and oxygen atoms in total.